The molecule has 0 saturated heterocycles. The minimum atomic E-state index is -1.21. The molecule has 0 heterocycles. The lowest BCUT2D eigenvalue weighted by atomic mass is 9.97. The van der Waals surface area contributed by atoms with Crippen molar-refractivity contribution >= 4 is 0 Å². The minimum absolute atomic E-state index is 0.0984. The molecule has 2 rings (SSSR count). The molecule has 0 amide bonds. The standard InChI is InChI=1S/C14H21NO3/c1-14(17)12(15)7-11(13(14)16)9-18-8-10-5-3-2-4-6-10/h2-6,11-13,16-17H,7-9,15H2,1H3/t11-,12+,13+,14-/m1/s1. The Labute approximate surface area is 107 Å². The first-order chi connectivity index (χ1) is 8.51. The van der Waals surface area contributed by atoms with Crippen LogP contribution in [0.3, 0.4) is 0 Å². The van der Waals surface area contributed by atoms with E-state index in [4.69, 9.17) is 10.5 Å². The van der Waals surface area contributed by atoms with Gasteiger partial charge in [0.05, 0.1) is 19.3 Å². The molecular formula is C14H21NO3. The first-order valence-electron chi connectivity index (χ1n) is 6.29. The van der Waals surface area contributed by atoms with Crippen LogP contribution in [0.1, 0.15) is 18.9 Å². The van der Waals surface area contributed by atoms with Crippen molar-refractivity contribution < 1.29 is 14.9 Å². The summed E-state index contributed by atoms with van der Waals surface area (Å²) in [5, 5.41) is 20.0. The van der Waals surface area contributed by atoms with E-state index in [2.05, 4.69) is 0 Å². The van der Waals surface area contributed by atoms with E-state index in [1.807, 2.05) is 30.3 Å². The van der Waals surface area contributed by atoms with Gasteiger partial charge in [0, 0.05) is 12.0 Å². The molecule has 0 radical (unpaired) electrons. The lowest BCUT2D eigenvalue weighted by molar-refractivity contribution is -0.0732. The molecule has 4 N–H and O–H groups in total. The average molecular weight is 251 g/mol. The van der Waals surface area contributed by atoms with E-state index in [9.17, 15) is 10.2 Å². The molecule has 4 heteroatoms. The Hall–Kier alpha value is -0.940. The zero-order chi connectivity index (χ0) is 13.2. The number of hydrogen-bond acceptors (Lipinski definition) is 4. The van der Waals surface area contributed by atoms with Crippen LogP contribution in [-0.4, -0.2) is 34.6 Å². The van der Waals surface area contributed by atoms with E-state index in [1.165, 1.54) is 0 Å². The predicted octanol–water partition coefficient (Wildman–Crippen LogP) is 0.662. The van der Waals surface area contributed by atoms with E-state index >= 15 is 0 Å². The van der Waals surface area contributed by atoms with Crippen LogP contribution < -0.4 is 5.73 Å². The zero-order valence-corrected chi connectivity index (χ0v) is 10.6. The van der Waals surface area contributed by atoms with Crippen LogP contribution in [0.2, 0.25) is 0 Å². The highest BCUT2D eigenvalue weighted by Crippen LogP contribution is 2.34. The number of ether oxygens (including phenoxy) is 1. The fourth-order valence-corrected chi connectivity index (χ4v) is 2.45. The van der Waals surface area contributed by atoms with Crippen LogP contribution in [0.4, 0.5) is 0 Å². The van der Waals surface area contributed by atoms with E-state index in [-0.39, 0.29) is 5.92 Å². The molecule has 4 nitrogen and oxygen atoms in total. The first kappa shape index (κ1) is 13.5. The van der Waals surface area contributed by atoms with Crippen LogP contribution in [0.5, 0.6) is 0 Å². The SMILES string of the molecule is C[C@@]1(O)[C@@H](N)C[C@H](COCc2ccccc2)[C@@H]1O. The second-order valence-electron chi connectivity index (χ2n) is 5.27. The van der Waals surface area contributed by atoms with Gasteiger partial charge in [-0.1, -0.05) is 30.3 Å². The second kappa shape index (κ2) is 5.36. The fraction of sp³-hybridized carbons (Fsp3) is 0.571. The summed E-state index contributed by atoms with van der Waals surface area (Å²) < 4.78 is 5.59. The van der Waals surface area contributed by atoms with Crippen LogP contribution >= 0.6 is 0 Å². The van der Waals surface area contributed by atoms with E-state index in [1.54, 1.807) is 6.92 Å². The van der Waals surface area contributed by atoms with Crippen molar-refractivity contribution in [3.63, 3.8) is 0 Å². The molecule has 1 aliphatic carbocycles. The molecular weight excluding hydrogens is 230 g/mol. The number of hydrogen-bond donors (Lipinski definition) is 3. The van der Waals surface area contributed by atoms with Crippen molar-refractivity contribution in [1.29, 1.82) is 0 Å². The highest BCUT2D eigenvalue weighted by Gasteiger charge is 2.48. The summed E-state index contributed by atoms with van der Waals surface area (Å²) in [4.78, 5) is 0. The summed E-state index contributed by atoms with van der Waals surface area (Å²) in [6.07, 6.45) is -0.230. The lowest BCUT2D eigenvalue weighted by Crippen LogP contribution is -2.48. The van der Waals surface area contributed by atoms with E-state index < -0.39 is 17.7 Å². The second-order valence-corrected chi connectivity index (χ2v) is 5.27. The van der Waals surface area contributed by atoms with Crippen molar-refractivity contribution in [3.05, 3.63) is 35.9 Å². The molecule has 1 aromatic carbocycles. The molecule has 0 unspecified atom stereocenters. The smallest absolute Gasteiger partial charge is 0.103 e. The van der Waals surface area contributed by atoms with Crippen molar-refractivity contribution in [2.75, 3.05) is 6.61 Å². The third kappa shape index (κ3) is 2.72. The maximum atomic E-state index is 9.99. The summed E-state index contributed by atoms with van der Waals surface area (Å²) >= 11 is 0. The third-order valence-electron chi connectivity index (χ3n) is 3.80. The molecule has 1 saturated carbocycles. The Morgan fingerprint density at radius 3 is 2.61 bits per heavy atom. The average Bonchev–Trinajstić information content (AvgIpc) is 2.55. The van der Waals surface area contributed by atoms with Gasteiger partial charge in [-0.2, -0.15) is 0 Å². The lowest BCUT2D eigenvalue weighted by Gasteiger charge is -2.27. The number of rotatable bonds is 4. The third-order valence-corrected chi connectivity index (χ3v) is 3.80. The molecule has 18 heavy (non-hydrogen) atoms. The largest absolute Gasteiger partial charge is 0.390 e. The fourth-order valence-electron chi connectivity index (χ4n) is 2.45. The number of benzene rings is 1. The topological polar surface area (TPSA) is 75.7 Å². The summed E-state index contributed by atoms with van der Waals surface area (Å²) in [6.45, 7) is 2.51. The van der Waals surface area contributed by atoms with Crippen LogP contribution in [0, 0.1) is 5.92 Å². The maximum Gasteiger partial charge on any atom is 0.103 e. The molecule has 0 aliphatic heterocycles. The highest BCUT2D eigenvalue weighted by molar-refractivity contribution is 5.13. The van der Waals surface area contributed by atoms with Gasteiger partial charge < -0.3 is 20.7 Å². The molecule has 0 aromatic heterocycles. The summed E-state index contributed by atoms with van der Waals surface area (Å²) in [6, 6.07) is 9.48. The van der Waals surface area contributed by atoms with Crippen LogP contribution in [0.25, 0.3) is 0 Å². The Balaban J connectivity index is 1.82. The Bertz CT molecular complexity index is 380. The van der Waals surface area contributed by atoms with Gasteiger partial charge in [-0.3, -0.25) is 0 Å². The predicted molar refractivity (Wildman–Crippen MR) is 68.8 cm³/mol. The van der Waals surface area contributed by atoms with Gasteiger partial charge in [0.1, 0.15) is 5.60 Å². The maximum absolute atomic E-state index is 9.99. The molecule has 4 atom stereocenters. The summed E-state index contributed by atoms with van der Waals surface area (Å²) in [5.74, 6) is -0.0984. The Morgan fingerprint density at radius 2 is 2.06 bits per heavy atom. The van der Waals surface area contributed by atoms with E-state index in [0.29, 0.717) is 19.6 Å². The summed E-state index contributed by atoms with van der Waals surface area (Å²) in [5.41, 5.74) is 5.70. The Morgan fingerprint density at radius 1 is 1.39 bits per heavy atom. The highest BCUT2D eigenvalue weighted by atomic mass is 16.5. The van der Waals surface area contributed by atoms with Crippen LogP contribution in [-0.2, 0) is 11.3 Å². The normalized spacial score (nSPS) is 35.9. The van der Waals surface area contributed by atoms with Gasteiger partial charge in [0.25, 0.3) is 0 Å². The van der Waals surface area contributed by atoms with Gasteiger partial charge in [0.15, 0.2) is 0 Å². The molecule has 100 valence electrons. The summed E-state index contributed by atoms with van der Waals surface area (Å²) in [7, 11) is 0. The number of aliphatic hydroxyl groups excluding tert-OH is 1. The molecule has 1 aliphatic rings. The zero-order valence-electron chi connectivity index (χ0n) is 10.6. The molecule has 1 aromatic rings. The molecule has 0 bridgehead atoms. The van der Waals surface area contributed by atoms with Gasteiger partial charge in [-0.15, -0.1) is 0 Å². The Kier molecular flexibility index (Phi) is 4.02. The van der Waals surface area contributed by atoms with Gasteiger partial charge in [-0.25, -0.2) is 0 Å². The molecule has 1 fully saturated rings. The van der Waals surface area contributed by atoms with Gasteiger partial charge in [-0.05, 0) is 18.9 Å². The van der Waals surface area contributed by atoms with E-state index in [0.717, 1.165) is 5.56 Å². The van der Waals surface area contributed by atoms with Crippen LogP contribution in [0.15, 0.2) is 30.3 Å². The minimum Gasteiger partial charge on any atom is -0.390 e. The molecule has 0 spiro atoms. The van der Waals surface area contributed by atoms with Crippen molar-refractivity contribution in [2.45, 2.75) is 37.7 Å². The first-order valence-corrected chi connectivity index (χ1v) is 6.29. The van der Waals surface area contributed by atoms with Crippen molar-refractivity contribution in [3.8, 4) is 0 Å². The number of aliphatic hydroxyl groups is 2. The quantitative estimate of drug-likeness (QED) is 0.735. The number of nitrogens with two attached hydrogens (primary N) is 1. The monoisotopic (exact) mass is 251 g/mol. The van der Waals surface area contributed by atoms with Crippen molar-refractivity contribution in [1.82, 2.24) is 0 Å². The van der Waals surface area contributed by atoms with Crippen molar-refractivity contribution in [2.24, 2.45) is 11.7 Å². The van der Waals surface area contributed by atoms with Gasteiger partial charge in [0.2, 0.25) is 0 Å². The van der Waals surface area contributed by atoms with Gasteiger partial charge >= 0.3 is 0 Å².